The van der Waals surface area contributed by atoms with Gasteiger partial charge in [-0.2, -0.15) is 29.2 Å². The van der Waals surface area contributed by atoms with Gasteiger partial charge in [0.15, 0.2) is 0 Å². The number of carboxylic acids is 1. The molecule has 8 aromatic heterocycles. The number of nitrogens with zero attached hydrogens (tertiary/aromatic N) is 10. The maximum atomic E-state index is 14.4. The smallest absolute Gasteiger partial charge is 0.307 e. The third-order valence-corrected chi connectivity index (χ3v) is 8.28. The second-order valence-electron chi connectivity index (χ2n) is 12.8. The molecule has 0 amide bonds. The number of pyridine rings is 6. The van der Waals surface area contributed by atoms with E-state index in [1.807, 2.05) is 30.3 Å². The van der Waals surface area contributed by atoms with Gasteiger partial charge >= 0.3 is 5.97 Å². The number of nitrogens with two attached hydrogens (primary N) is 1. The molecular formula is C45H38F5N11O3. The fraction of sp³-hybridized carbons (Fsp3) is 0.111. The molecule has 0 atom stereocenters. The maximum Gasteiger partial charge on any atom is 0.307 e. The Bertz CT molecular complexity index is 2770. The molecule has 14 nitrogen and oxygen atoms in total. The lowest BCUT2D eigenvalue weighted by molar-refractivity contribution is -0.136. The van der Waals surface area contributed by atoms with Crippen LogP contribution in [0.15, 0.2) is 135 Å². The summed E-state index contributed by atoms with van der Waals surface area (Å²) in [4.78, 5) is 45.8. The molecule has 0 saturated carbocycles. The van der Waals surface area contributed by atoms with Crippen molar-refractivity contribution in [3.8, 4) is 45.0 Å². The molecule has 19 heteroatoms. The summed E-state index contributed by atoms with van der Waals surface area (Å²) in [7, 11) is -1.00. The van der Waals surface area contributed by atoms with Crippen molar-refractivity contribution < 1.29 is 38.0 Å². The molecule has 0 bridgehead atoms. The van der Waals surface area contributed by atoms with Crippen LogP contribution in [0.2, 0.25) is 0 Å². The summed E-state index contributed by atoms with van der Waals surface area (Å²) in [6.07, 6.45) is 11.5. The van der Waals surface area contributed by atoms with Gasteiger partial charge in [-0.3, -0.25) is 28.9 Å². The van der Waals surface area contributed by atoms with E-state index in [2.05, 4.69) is 50.3 Å². The summed E-state index contributed by atoms with van der Waals surface area (Å²) in [6, 6.07) is 21.9. The van der Waals surface area contributed by atoms with Crippen LogP contribution in [0.5, 0.6) is 0 Å². The van der Waals surface area contributed by atoms with Crippen molar-refractivity contribution in [3.63, 3.8) is 0 Å². The van der Waals surface area contributed by atoms with Gasteiger partial charge < -0.3 is 10.8 Å². The lowest BCUT2D eigenvalue weighted by Gasteiger charge is -2.06. The number of rotatable bonds is 10. The normalized spacial score (nSPS) is 10.2. The Morgan fingerprint density at radius 3 is 1.50 bits per heavy atom. The van der Waals surface area contributed by atoms with Crippen molar-refractivity contribution in [2.24, 2.45) is 0 Å². The average Bonchev–Trinajstić information content (AvgIpc) is 3.28. The molecule has 0 aromatic carbocycles. The van der Waals surface area contributed by atoms with E-state index < -0.39 is 36.7 Å². The zero-order chi connectivity index (χ0) is 45.8. The van der Waals surface area contributed by atoms with Crippen LogP contribution >= 0.6 is 0 Å². The average molecular weight is 877 g/mol. The minimum Gasteiger partial charge on any atom is -0.481 e. The van der Waals surface area contributed by atoms with Gasteiger partial charge in [0, 0.05) is 102 Å². The zero-order valence-electron chi connectivity index (χ0n) is 33.7. The van der Waals surface area contributed by atoms with Crippen LogP contribution in [0, 0.1) is 23.5 Å². The Balaban J connectivity index is 0.000000224. The fourth-order valence-corrected chi connectivity index (χ4v) is 5.49. The van der Waals surface area contributed by atoms with E-state index in [4.69, 9.17) is 12.2 Å². The number of aromatic nitrogens is 10. The predicted octanol–water partition coefficient (Wildman–Crippen LogP) is 8.02. The number of carbonyl (C=O) groups excluding carboxylic acids is 1. The number of halogens is 5. The molecule has 0 aliphatic carbocycles. The topological polar surface area (TPSA) is 209 Å². The number of ketones is 1. The maximum absolute atomic E-state index is 14.4. The molecule has 8 aromatic rings. The van der Waals surface area contributed by atoms with E-state index in [9.17, 15) is 31.5 Å². The van der Waals surface area contributed by atoms with Gasteiger partial charge in [-0.25, -0.2) is 23.7 Å². The van der Waals surface area contributed by atoms with Crippen LogP contribution < -0.4 is 5.73 Å². The van der Waals surface area contributed by atoms with Crippen molar-refractivity contribution in [1.82, 2.24) is 50.3 Å². The molecule has 64 heavy (non-hydrogen) atoms. The third kappa shape index (κ3) is 14.4. The summed E-state index contributed by atoms with van der Waals surface area (Å²) in [5.41, 5.74) is 10.5. The SMILES string of the molecule is C.Nc1ccc(-c2cccnn2)cn1.O=C(Cc1cnc(-c2ccnc(F)c2)c(F)c1)Cc1ccc(-c2cccnn2)cn1.O=C(O)Cc1cnc(-c2ccnc(F)c2)c(F)c1.[2H]CF. The largest absolute Gasteiger partial charge is 0.481 e. The first-order valence-electron chi connectivity index (χ1n) is 19.0. The molecule has 0 fully saturated rings. The van der Waals surface area contributed by atoms with Crippen molar-refractivity contribution in [3.05, 3.63) is 175 Å². The Kier molecular flexibility index (Phi) is 17.7. The van der Waals surface area contributed by atoms with Crippen molar-refractivity contribution >= 4 is 17.6 Å². The number of alkyl halides is 1. The standard InChI is InChI=1S/C22H15F2N5O.C12H8F2N2O2.C9H8N4.CH3F.CH4/c23-19-9-14(12-27-22(19)15-5-7-25-21(24)10-15)8-18(30)11-17-4-3-16(13-26-17)20-2-1-6-28-29-20;13-9-3-7(4-11(17)18)6-16-12(9)8-1-2-15-10(14)5-8;10-9-4-3-7(6-11-9)8-2-1-5-12-13-8;1-2;/h1-7,9-10,12-13H,8,11H2;1-3,5-6H,4H2,(H,17,18);1-6H,(H2,10,11);1H3;1H4/i;;;1D;. The van der Waals surface area contributed by atoms with E-state index >= 15 is 0 Å². The van der Waals surface area contributed by atoms with E-state index in [1.54, 1.807) is 43.0 Å². The first-order chi connectivity index (χ1) is 30.9. The number of hydrogen-bond donors (Lipinski definition) is 2. The Morgan fingerprint density at radius 2 is 1.09 bits per heavy atom. The second-order valence-corrected chi connectivity index (χ2v) is 12.8. The Hall–Kier alpha value is -8.35. The monoisotopic (exact) mass is 876 g/mol. The van der Waals surface area contributed by atoms with E-state index in [0.717, 1.165) is 35.0 Å². The first kappa shape index (κ1) is 46.7. The highest BCUT2D eigenvalue weighted by molar-refractivity contribution is 5.83. The van der Waals surface area contributed by atoms with Crippen LogP contribution in [0.25, 0.3) is 45.0 Å². The van der Waals surface area contributed by atoms with Gasteiger partial charge in [0.2, 0.25) is 11.9 Å². The molecule has 0 radical (unpaired) electrons. The number of carbonyl (C=O) groups is 2. The molecule has 0 aliphatic heterocycles. The van der Waals surface area contributed by atoms with Crippen LogP contribution in [0.4, 0.5) is 27.8 Å². The summed E-state index contributed by atoms with van der Waals surface area (Å²) in [6.45, 7) is 0. The van der Waals surface area contributed by atoms with Gasteiger partial charge in [0.1, 0.15) is 34.6 Å². The molecule has 8 rings (SSSR count). The lowest BCUT2D eigenvalue weighted by Crippen LogP contribution is -2.08. The van der Waals surface area contributed by atoms with Crippen molar-refractivity contribution in [1.29, 1.82) is 0 Å². The van der Waals surface area contributed by atoms with E-state index in [0.29, 0.717) is 22.8 Å². The van der Waals surface area contributed by atoms with Gasteiger partial charge in [-0.1, -0.05) is 7.43 Å². The summed E-state index contributed by atoms with van der Waals surface area (Å²) in [5, 5.41) is 24.1. The minimum atomic E-state index is -1.07. The number of aliphatic carboxylic acids is 1. The van der Waals surface area contributed by atoms with Crippen LogP contribution in [0.3, 0.4) is 0 Å². The lowest BCUT2D eigenvalue weighted by atomic mass is 10.0. The van der Waals surface area contributed by atoms with Crippen LogP contribution in [0.1, 0.15) is 25.6 Å². The first-order valence-corrected chi connectivity index (χ1v) is 18.3. The predicted molar refractivity (Wildman–Crippen MR) is 227 cm³/mol. The minimum absolute atomic E-state index is 0. The van der Waals surface area contributed by atoms with Gasteiger partial charge in [0.05, 0.1) is 26.3 Å². The summed E-state index contributed by atoms with van der Waals surface area (Å²) < 4.78 is 69.8. The van der Waals surface area contributed by atoms with Crippen molar-refractivity contribution in [2.75, 3.05) is 12.9 Å². The molecule has 0 spiro atoms. The van der Waals surface area contributed by atoms with Gasteiger partial charge in [-0.15, -0.1) is 0 Å². The third-order valence-electron chi connectivity index (χ3n) is 8.28. The zero-order valence-corrected chi connectivity index (χ0v) is 32.7. The molecule has 0 saturated heterocycles. The number of Topliss-reactive ketones (excluding diaryl/α,β-unsaturated/α-hetero) is 1. The molecule has 0 aliphatic rings. The van der Waals surface area contributed by atoms with Crippen molar-refractivity contribution in [2.45, 2.75) is 26.7 Å². The summed E-state index contributed by atoms with van der Waals surface area (Å²) in [5.74, 6) is -3.46. The highest BCUT2D eigenvalue weighted by atomic mass is 19.1. The number of anilines is 1. The summed E-state index contributed by atoms with van der Waals surface area (Å²) >= 11 is 0. The number of carboxylic acid groups (broad SMARTS) is 1. The molecular weight excluding hydrogens is 838 g/mol. The van der Waals surface area contributed by atoms with Gasteiger partial charge in [0.25, 0.3) is 0 Å². The second kappa shape index (κ2) is 24.2. The molecule has 3 N–H and O–H groups in total. The fourth-order valence-electron chi connectivity index (χ4n) is 5.49. The number of hydrogen-bond acceptors (Lipinski definition) is 13. The Morgan fingerprint density at radius 1 is 0.594 bits per heavy atom. The molecule has 8 heterocycles. The number of nitrogen functional groups attached to an aromatic ring is 1. The molecule has 326 valence electrons. The van der Waals surface area contributed by atoms with Crippen LogP contribution in [-0.4, -0.2) is 74.3 Å². The highest BCUT2D eigenvalue weighted by Gasteiger charge is 2.14. The van der Waals surface area contributed by atoms with Gasteiger partial charge in [-0.05, 0) is 83.9 Å². The van der Waals surface area contributed by atoms with E-state index in [-0.39, 0.29) is 60.6 Å². The van der Waals surface area contributed by atoms with Crippen LogP contribution in [-0.2, 0) is 28.9 Å². The molecule has 0 unspecified atom stereocenters. The highest BCUT2D eigenvalue weighted by Crippen LogP contribution is 2.23. The Labute approximate surface area is 364 Å². The van der Waals surface area contributed by atoms with E-state index in [1.165, 1.54) is 43.0 Å². The quantitative estimate of drug-likeness (QED) is 0.0985.